The fraction of sp³-hybridized carbons (Fsp3) is 0.267. The maximum atomic E-state index is 11.6. The largest absolute Gasteiger partial charge is 0.481 e. The molecule has 5 heteroatoms. The van der Waals surface area contributed by atoms with E-state index in [0.29, 0.717) is 28.5 Å². The number of aromatic nitrogens is 2. The third-order valence-corrected chi connectivity index (χ3v) is 3.30. The van der Waals surface area contributed by atoms with Crippen LogP contribution in [-0.2, 0) is 11.2 Å². The van der Waals surface area contributed by atoms with E-state index in [-0.39, 0.29) is 0 Å². The van der Waals surface area contributed by atoms with Gasteiger partial charge >= 0.3 is 5.97 Å². The Morgan fingerprint density at radius 1 is 1.40 bits per heavy atom. The van der Waals surface area contributed by atoms with Crippen molar-refractivity contribution in [1.29, 1.82) is 0 Å². The predicted molar refractivity (Wildman–Crippen MR) is 77.0 cm³/mol. The van der Waals surface area contributed by atoms with E-state index >= 15 is 0 Å². The molecule has 0 aliphatic carbocycles. The molecular formula is C15H15ClN2O2. The zero-order chi connectivity index (χ0) is 14.7. The highest BCUT2D eigenvalue weighted by atomic mass is 35.5. The number of carboxylic acid groups (broad SMARTS) is 1. The number of aliphatic carboxylic acids is 1. The maximum absolute atomic E-state index is 11.6. The first-order chi connectivity index (χ1) is 9.47. The highest BCUT2D eigenvalue weighted by Gasteiger charge is 2.24. The summed E-state index contributed by atoms with van der Waals surface area (Å²) in [6.45, 7) is 3.57. The monoisotopic (exact) mass is 290 g/mol. The predicted octanol–water partition coefficient (Wildman–Crippen LogP) is 3.16. The van der Waals surface area contributed by atoms with Crippen LogP contribution in [0.25, 0.3) is 0 Å². The van der Waals surface area contributed by atoms with Crippen molar-refractivity contribution in [3.63, 3.8) is 0 Å². The molecule has 4 nitrogen and oxygen atoms in total. The molecular weight excluding hydrogens is 276 g/mol. The Morgan fingerprint density at radius 3 is 2.80 bits per heavy atom. The molecule has 0 amide bonds. The van der Waals surface area contributed by atoms with Gasteiger partial charge in [-0.25, -0.2) is 0 Å². The fourth-order valence-corrected chi connectivity index (χ4v) is 2.30. The van der Waals surface area contributed by atoms with Gasteiger partial charge in [0.05, 0.1) is 17.1 Å². The second kappa shape index (κ2) is 6.01. The topological polar surface area (TPSA) is 63.1 Å². The molecule has 0 bridgehead atoms. The quantitative estimate of drug-likeness (QED) is 0.939. The van der Waals surface area contributed by atoms with Gasteiger partial charge < -0.3 is 5.11 Å². The Hall–Kier alpha value is -1.94. The second-order valence-corrected chi connectivity index (χ2v) is 5.14. The lowest BCUT2D eigenvalue weighted by Crippen LogP contribution is -2.18. The van der Waals surface area contributed by atoms with Crippen LogP contribution in [0.5, 0.6) is 0 Å². The number of carboxylic acids is 1. The smallest absolute Gasteiger partial charge is 0.313 e. The molecule has 2 rings (SSSR count). The molecule has 104 valence electrons. The van der Waals surface area contributed by atoms with Crippen LogP contribution in [0.1, 0.15) is 28.6 Å². The first kappa shape index (κ1) is 14.5. The Labute approximate surface area is 122 Å². The van der Waals surface area contributed by atoms with Crippen LogP contribution >= 0.6 is 11.6 Å². The van der Waals surface area contributed by atoms with Crippen LogP contribution in [0.4, 0.5) is 0 Å². The van der Waals surface area contributed by atoms with Gasteiger partial charge in [-0.2, -0.15) is 0 Å². The fourth-order valence-electron chi connectivity index (χ4n) is 2.09. The van der Waals surface area contributed by atoms with E-state index in [1.807, 2.05) is 12.1 Å². The molecule has 1 heterocycles. The van der Waals surface area contributed by atoms with E-state index in [4.69, 9.17) is 11.6 Å². The van der Waals surface area contributed by atoms with Crippen molar-refractivity contribution in [2.75, 3.05) is 0 Å². The van der Waals surface area contributed by atoms with Crippen molar-refractivity contribution in [3.05, 3.63) is 58.1 Å². The van der Waals surface area contributed by atoms with Crippen LogP contribution in [0.2, 0.25) is 5.02 Å². The van der Waals surface area contributed by atoms with Gasteiger partial charge in [0.25, 0.3) is 0 Å². The molecule has 0 fully saturated rings. The lowest BCUT2D eigenvalue weighted by molar-refractivity contribution is -0.138. The number of halogens is 1. The zero-order valence-corrected chi connectivity index (χ0v) is 12.1. The summed E-state index contributed by atoms with van der Waals surface area (Å²) in [6, 6.07) is 7.21. The molecule has 2 aromatic rings. The SMILES string of the molecule is Cc1cnc(C)c(C(Cc2cccc(Cl)c2)C(=O)O)n1. The third-order valence-electron chi connectivity index (χ3n) is 3.07. The number of nitrogens with zero attached hydrogens (tertiary/aromatic N) is 2. The summed E-state index contributed by atoms with van der Waals surface area (Å²) in [6.07, 6.45) is 1.98. The van der Waals surface area contributed by atoms with Crippen molar-refractivity contribution in [2.24, 2.45) is 0 Å². The zero-order valence-electron chi connectivity index (χ0n) is 11.3. The summed E-state index contributed by atoms with van der Waals surface area (Å²) in [4.78, 5) is 20.1. The molecule has 0 spiro atoms. The summed E-state index contributed by atoms with van der Waals surface area (Å²) < 4.78 is 0. The van der Waals surface area contributed by atoms with Gasteiger partial charge in [0.15, 0.2) is 0 Å². The molecule has 0 aliphatic heterocycles. The minimum atomic E-state index is -0.909. The Bertz CT molecular complexity index is 644. The van der Waals surface area contributed by atoms with Gasteiger partial charge in [0.1, 0.15) is 5.92 Å². The molecule has 0 radical (unpaired) electrons. The molecule has 0 saturated heterocycles. The molecule has 1 aromatic carbocycles. The number of aryl methyl sites for hydroxylation is 2. The lowest BCUT2D eigenvalue weighted by Gasteiger charge is -2.14. The van der Waals surface area contributed by atoms with E-state index in [9.17, 15) is 9.90 Å². The minimum Gasteiger partial charge on any atom is -0.481 e. The van der Waals surface area contributed by atoms with E-state index in [0.717, 1.165) is 5.56 Å². The van der Waals surface area contributed by atoms with Gasteiger partial charge in [-0.1, -0.05) is 23.7 Å². The highest BCUT2D eigenvalue weighted by molar-refractivity contribution is 6.30. The lowest BCUT2D eigenvalue weighted by atomic mass is 9.95. The average molecular weight is 291 g/mol. The number of carbonyl (C=O) groups is 1. The summed E-state index contributed by atoms with van der Waals surface area (Å²) in [5.74, 6) is -1.63. The van der Waals surface area contributed by atoms with E-state index in [2.05, 4.69) is 9.97 Å². The molecule has 0 saturated carbocycles. The molecule has 1 unspecified atom stereocenters. The first-order valence-electron chi connectivity index (χ1n) is 6.24. The summed E-state index contributed by atoms with van der Waals surface area (Å²) in [7, 11) is 0. The molecule has 1 atom stereocenters. The minimum absolute atomic E-state index is 0.342. The van der Waals surface area contributed by atoms with Gasteiger partial charge in [0, 0.05) is 11.2 Å². The highest BCUT2D eigenvalue weighted by Crippen LogP contribution is 2.23. The molecule has 20 heavy (non-hydrogen) atoms. The van der Waals surface area contributed by atoms with Crippen LogP contribution in [-0.4, -0.2) is 21.0 Å². The standard InChI is InChI=1S/C15H15ClN2O2/c1-9-8-17-10(2)14(18-9)13(15(19)20)7-11-4-3-5-12(16)6-11/h3-6,8,13H,7H2,1-2H3,(H,19,20). The Balaban J connectivity index is 2.37. The van der Waals surface area contributed by atoms with Crippen molar-refractivity contribution in [1.82, 2.24) is 9.97 Å². The maximum Gasteiger partial charge on any atom is 0.313 e. The van der Waals surface area contributed by atoms with Gasteiger partial charge in [-0.05, 0) is 38.0 Å². The van der Waals surface area contributed by atoms with Crippen molar-refractivity contribution < 1.29 is 9.90 Å². The number of benzene rings is 1. The van der Waals surface area contributed by atoms with Crippen molar-refractivity contribution >= 4 is 17.6 Å². The number of rotatable bonds is 4. The second-order valence-electron chi connectivity index (χ2n) is 4.71. The van der Waals surface area contributed by atoms with Gasteiger partial charge in [-0.3, -0.25) is 14.8 Å². The van der Waals surface area contributed by atoms with E-state index in [1.54, 1.807) is 32.2 Å². The van der Waals surface area contributed by atoms with Gasteiger partial charge in [0.2, 0.25) is 0 Å². The van der Waals surface area contributed by atoms with Crippen molar-refractivity contribution in [2.45, 2.75) is 26.2 Å². The van der Waals surface area contributed by atoms with Crippen LogP contribution in [0.15, 0.2) is 30.5 Å². The van der Waals surface area contributed by atoms with Crippen LogP contribution < -0.4 is 0 Å². The van der Waals surface area contributed by atoms with Gasteiger partial charge in [-0.15, -0.1) is 0 Å². The molecule has 1 aromatic heterocycles. The van der Waals surface area contributed by atoms with Crippen LogP contribution in [0.3, 0.4) is 0 Å². The summed E-state index contributed by atoms with van der Waals surface area (Å²) >= 11 is 5.93. The third kappa shape index (κ3) is 3.33. The summed E-state index contributed by atoms with van der Waals surface area (Å²) in [5.41, 5.74) is 2.73. The first-order valence-corrected chi connectivity index (χ1v) is 6.62. The van der Waals surface area contributed by atoms with Crippen LogP contribution in [0, 0.1) is 13.8 Å². The Kier molecular flexibility index (Phi) is 4.35. The van der Waals surface area contributed by atoms with E-state index < -0.39 is 11.9 Å². The molecule has 1 N–H and O–H groups in total. The average Bonchev–Trinajstić information content (AvgIpc) is 2.39. The summed E-state index contributed by atoms with van der Waals surface area (Å²) in [5, 5.41) is 10.1. The van der Waals surface area contributed by atoms with Crippen molar-refractivity contribution in [3.8, 4) is 0 Å². The normalized spacial score (nSPS) is 12.2. The Morgan fingerprint density at radius 2 is 2.15 bits per heavy atom. The van der Waals surface area contributed by atoms with E-state index in [1.165, 1.54) is 0 Å². The number of hydrogen-bond donors (Lipinski definition) is 1. The number of hydrogen-bond acceptors (Lipinski definition) is 3. The molecule has 0 aliphatic rings.